The second kappa shape index (κ2) is 7.86. The molecule has 0 bridgehead atoms. The molecule has 1 aliphatic rings. The van der Waals surface area contributed by atoms with Crippen molar-refractivity contribution in [3.63, 3.8) is 0 Å². The number of aromatic nitrogens is 2. The third-order valence-electron chi connectivity index (χ3n) is 4.70. The van der Waals surface area contributed by atoms with Crippen LogP contribution in [0, 0.1) is 5.92 Å². The normalized spacial score (nSPS) is 21.9. The van der Waals surface area contributed by atoms with Crippen LogP contribution in [0.1, 0.15) is 45.0 Å². The van der Waals surface area contributed by atoms with Gasteiger partial charge in [0.15, 0.2) is 0 Å². The molecule has 1 amide bonds. The monoisotopic (exact) mass is 328 g/mol. The standard InChI is InChI=1S/C16H26F2N4O/c1-12-4-6-13(7-5-12)21(3)15(23)11-20(2)10-14-19-8-9-22(14)16(17)18/h8-9,12-13,16H,4-7,10-11H2,1-3H3. The van der Waals surface area contributed by atoms with Crippen molar-refractivity contribution in [3.05, 3.63) is 18.2 Å². The predicted molar refractivity (Wildman–Crippen MR) is 84.0 cm³/mol. The first kappa shape index (κ1) is 17.8. The van der Waals surface area contributed by atoms with Gasteiger partial charge in [-0.25, -0.2) is 4.98 Å². The van der Waals surface area contributed by atoms with Crippen molar-refractivity contribution in [2.75, 3.05) is 20.6 Å². The number of likely N-dealkylation sites (N-methyl/N-ethyl adjacent to an activating group) is 2. The van der Waals surface area contributed by atoms with Gasteiger partial charge in [0.2, 0.25) is 5.91 Å². The minimum absolute atomic E-state index is 0.0298. The number of halogens is 2. The molecule has 1 saturated carbocycles. The van der Waals surface area contributed by atoms with E-state index < -0.39 is 6.55 Å². The number of hydrogen-bond donors (Lipinski definition) is 0. The molecular weight excluding hydrogens is 302 g/mol. The third-order valence-corrected chi connectivity index (χ3v) is 4.70. The van der Waals surface area contributed by atoms with Gasteiger partial charge in [0.25, 0.3) is 0 Å². The summed E-state index contributed by atoms with van der Waals surface area (Å²) < 4.78 is 26.4. The molecule has 0 spiro atoms. The first-order valence-corrected chi connectivity index (χ1v) is 8.12. The quantitative estimate of drug-likeness (QED) is 0.806. The van der Waals surface area contributed by atoms with Gasteiger partial charge in [0.1, 0.15) is 5.82 Å². The molecule has 0 aliphatic heterocycles. The van der Waals surface area contributed by atoms with Crippen LogP contribution in [0.2, 0.25) is 0 Å². The van der Waals surface area contributed by atoms with E-state index in [2.05, 4.69) is 11.9 Å². The van der Waals surface area contributed by atoms with Crippen LogP contribution < -0.4 is 0 Å². The molecule has 1 aliphatic carbocycles. The van der Waals surface area contributed by atoms with Crippen molar-refractivity contribution in [3.8, 4) is 0 Å². The SMILES string of the molecule is CC1CCC(N(C)C(=O)CN(C)Cc2nccn2C(F)F)CC1. The van der Waals surface area contributed by atoms with Crippen molar-refractivity contribution >= 4 is 5.91 Å². The van der Waals surface area contributed by atoms with Gasteiger partial charge >= 0.3 is 6.55 Å². The van der Waals surface area contributed by atoms with Crippen molar-refractivity contribution in [2.24, 2.45) is 5.92 Å². The second-order valence-electron chi connectivity index (χ2n) is 6.62. The van der Waals surface area contributed by atoms with Crippen molar-refractivity contribution in [2.45, 2.75) is 51.7 Å². The number of hydrogen-bond acceptors (Lipinski definition) is 3. The number of nitrogens with zero attached hydrogens (tertiary/aromatic N) is 4. The lowest BCUT2D eigenvalue weighted by Gasteiger charge is -2.34. The summed E-state index contributed by atoms with van der Waals surface area (Å²) in [6, 6.07) is 0.301. The van der Waals surface area contributed by atoms with E-state index in [0.29, 0.717) is 6.04 Å². The number of carbonyl (C=O) groups is 1. The molecule has 0 aromatic carbocycles. The largest absolute Gasteiger partial charge is 0.342 e. The Kier molecular flexibility index (Phi) is 6.10. The first-order chi connectivity index (χ1) is 10.9. The Hall–Kier alpha value is -1.50. The molecule has 0 radical (unpaired) electrons. The number of rotatable bonds is 6. The minimum Gasteiger partial charge on any atom is -0.342 e. The van der Waals surface area contributed by atoms with Gasteiger partial charge in [0.05, 0.1) is 13.1 Å². The van der Waals surface area contributed by atoms with Crippen LogP contribution in [-0.2, 0) is 11.3 Å². The van der Waals surface area contributed by atoms with Crippen LogP contribution in [-0.4, -0.2) is 51.9 Å². The highest BCUT2D eigenvalue weighted by atomic mass is 19.3. The van der Waals surface area contributed by atoms with E-state index in [0.717, 1.165) is 36.2 Å². The third kappa shape index (κ3) is 4.73. The lowest BCUT2D eigenvalue weighted by atomic mass is 9.87. The molecule has 0 saturated heterocycles. The average Bonchev–Trinajstić information content (AvgIpc) is 2.95. The van der Waals surface area contributed by atoms with E-state index in [4.69, 9.17) is 0 Å². The van der Waals surface area contributed by atoms with Gasteiger partial charge in [-0.05, 0) is 38.6 Å². The Bertz CT molecular complexity index is 512. The summed E-state index contributed by atoms with van der Waals surface area (Å²) in [6.07, 6.45) is 7.01. The molecule has 1 aromatic rings. The van der Waals surface area contributed by atoms with Crippen LogP contribution in [0.5, 0.6) is 0 Å². The summed E-state index contributed by atoms with van der Waals surface area (Å²) in [5.74, 6) is 1.04. The molecule has 0 unspecified atom stereocenters. The summed E-state index contributed by atoms with van der Waals surface area (Å²) in [5.41, 5.74) is 0. The van der Waals surface area contributed by atoms with E-state index in [9.17, 15) is 13.6 Å². The predicted octanol–water partition coefficient (Wildman–Crippen LogP) is 2.75. The highest BCUT2D eigenvalue weighted by Crippen LogP contribution is 2.26. The smallest absolute Gasteiger partial charge is 0.319 e. The Morgan fingerprint density at radius 1 is 1.35 bits per heavy atom. The van der Waals surface area contributed by atoms with Crippen LogP contribution in [0.4, 0.5) is 8.78 Å². The number of carbonyl (C=O) groups excluding carboxylic acids is 1. The summed E-state index contributed by atoms with van der Waals surface area (Å²) in [4.78, 5) is 19.9. The maximum Gasteiger partial charge on any atom is 0.319 e. The molecule has 130 valence electrons. The summed E-state index contributed by atoms with van der Waals surface area (Å²) in [6.45, 7) is 0.0669. The molecule has 23 heavy (non-hydrogen) atoms. The van der Waals surface area contributed by atoms with Crippen molar-refractivity contribution in [1.82, 2.24) is 19.4 Å². The maximum atomic E-state index is 12.8. The number of imidazole rings is 1. The molecule has 2 rings (SSSR count). The molecular formula is C16H26F2N4O. The molecule has 0 atom stereocenters. The zero-order chi connectivity index (χ0) is 17.0. The minimum atomic E-state index is -2.61. The molecule has 1 fully saturated rings. The molecule has 0 N–H and O–H groups in total. The Labute approximate surface area is 136 Å². The van der Waals surface area contributed by atoms with Gasteiger partial charge in [-0.1, -0.05) is 6.92 Å². The molecule has 1 aromatic heterocycles. The number of amides is 1. The van der Waals surface area contributed by atoms with Gasteiger partial charge in [-0.2, -0.15) is 8.78 Å². The summed E-state index contributed by atoms with van der Waals surface area (Å²) >= 11 is 0. The second-order valence-corrected chi connectivity index (χ2v) is 6.62. The fourth-order valence-electron chi connectivity index (χ4n) is 3.12. The average molecular weight is 328 g/mol. The maximum absolute atomic E-state index is 12.8. The van der Waals surface area contributed by atoms with Crippen molar-refractivity contribution in [1.29, 1.82) is 0 Å². The lowest BCUT2D eigenvalue weighted by molar-refractivity contribution is -0.133. The highest BCUT2D eigenvalue weighted by molar-refractivity contribution is 5.78. The van der Waals surface area contributed by atoms with Gasteiger partial charge in [-0.3, -0.25) is 14.3 Å². The fraction of sp³-hybridized carbons (Fsp3) is 0.750. The Morgan fingerprint density at radius 3 is 2.61 bits per heavy atom. The van der Waals surface area contributed by atoms with E-state index in [1.807, 2.05) is 11.9 Å². The topological polar surface area (TPSA) is 41.4 Å². The zero-order valence-corrected chi connectivity index (χ0v) is 14.1. The van der Waals surface area contributed by atoms with Crippen LogP contribution in [0.25, 0.3) is 0 Å². The van der Waals surface area contributed by atoms with Crippen LogP contribution >= 0.6 is 0 Å². The van der Waals surface area contributed by atoms with Gasteiger partial charge < -0.3 is 4.90 Å². The van der Waals surface area contributed by atoms with Gasteiger partial charge in [-0.15, -0.1) is 0 Å². The van der Waals surface area contributed by atoms with E-state index in [1.165, 1.54) is 12.4 Å². The van der Waals surface area contributed by atoms with E-state index in [-0.39, 0.29) is 24.8 Å². The summed E-state index contributed by atoms with van der Waals surface area (Å²) in [5, 5.41) is 0. The summed E-state index contributed by atoms with van der Waals surface area (Å²) in [7, 11) is 3.59. The lowest BCUT2D eigenvalue weighted by Crippen LogP contribution is -2.43. The first-order valence-electron chi connectivity index (χ1n) is 8.12. The zero-order valence-electron chi connectivity index (χ0n) is 14.1. The van der Waals surface area contributed by atoms with E-state index >= 15 is 0 Å². The van der Waals surface area contributed by atoms with E-state index in [1.54, 1.807) is 11.9 Å². The van der Waals surface area contributed by atoms with Crippen molar-refractivity contribution < 1.29 is 13.6 Å². The molecule has 1 heterocycles. The fourth-order valence-corrected chi connectivity index (χ4v) is 3.12. The van der Waals surface area contributed by atoms with Gasteiger partial charge in [0, 0.05) is 25.5 Å². The number of alkyl halides is 2. The highest BCUT2D eigenvalue weighted by Gasteiger charge is 2.25. The van der Waals surface area contributed by atoms with Crippen LogP contribution in [0.3, 0.4) is 0 Å². The Balaban J connectivity index is 1.85. The molecule has 7 heteroatoms. The molecule has 5 nitrogen and oxygen atoms in total. The van der Waals surface area contributed by atoms with Crippen LogP contribution in [0.15, 0.2) is 12.4 Å². The Morgan fingerprint density at radius 2 is 2.00 bits per heavy atom.